The molecule has 0 aliphatic carbocycles. The highest BCUT2D eigenvalue weighted by Crippen LogP contribution is 2.13. The van der Waals surface area contributed by atoms with E-state index in [1.807, 2.05) is 19.9 Å². The maximum atomic E-state index is 5.15. The molecule has 0 N–H and O–H groups in total. The van der Waals surface area contributed by atoms with Crippen molar-refractivity contribution in [3.63, 3.8) is 0 Å². The van der Waals surface area contributed by atoms with E-state index < -0.39 is 0 Å². The second-order valence-electron chi connectivity index (χ2n) is 6.92. The molecule has 3 aromatic heterocycles. The Labute approximate surface area is 147 Å². The van der Waals surface area contributed by atoms with Gasteiger partial charge in [-0.1, -0.05) is 5.16 Å². The largest absolute Gasteiger partial charge is 0.361 e. The third kappa shape index (κ3) is 3.57. The van der Waals surface area contributed by atoms with E-state index in [4.69, 9.17) is 9.51 Å². The molecule has 1 aliphatic rings. The molecule has 7 heteroatoms. The van der Waals surface area contributed by atoms with Crippen LogP contribution in [0.4, 0.5) is 0 Å². The summed E-state index contributed by atoms with van der Waals surface area (Å²) in [6, 6.07) is 4.10. The Kier molecular flexibility index (Phi) is 4.27. The van der Waals surface area contributed by atoms with Crippen LogP contribution in [0.2, 0.25) is 0 Å². The van der Waals surface area contributed by atoms with Crippen molar-refractivity contribution >= 4 is 5.78 Å². The first-order valence-electron chi connectivity index (χ1n) is 8.76. The van der Waals surface area contributed by atoms with E-state index in [0.29, 0.717) is 0 Å². The zero-order chi connectivity index (χ0) is 17.4. The van der Waals surface area contributed by atoms with Crippen LogP contribution in [-0.4, -0.2) is 55.5 Å². The average molecular weight is 340 g/mol. The van der Waals surface area contributed by atoms with Gasteiger partial charge in [-0.2, -0.15) is 0 Å². The average Bonchev–Trinajstić information content (AvgIpc) is 3.15. The van der Waals surface area contributed by atoms with Gasteiger partial charge in [-0.05, 0) is 26.8 Å². The molecule has 0 atom stereocenters. The minimum absolute atomic E-state index is 0.799. The summed E-state index contributed by atoms with van der Waals surface area (Å²) in [5.41, 5.74) is 4.29. The predicted molar refractivity (Wildman–Crippen MR) is 94.3 cm³/mol. The number of nitrogens with zero attached hydrogens (tertiary/aromatic N) is 6. The van der Waals surface area contributed by atoms with Crippen molar-refractivity contribution in [3.05, 3.63) is 46.9 Å². The van der Waals surface area contributed by atoms with Gasteiger partial charge >= 0.3 is 0 Å². The van der Waals surface area contributed by atoms with Crippen LogP contribution >= 0.6 is 0 Å². The number of hydrogen-bond acceptors (Lipinski definition) is 6. The summed E-state index contributed by atoms with van der Waals surface area (Å²) in [5, 5.41) is 4.09. The van der Waals surface area contributed by atoms with Crippen LogP contribution in [0.25, 0.3) is 5.78 Å². The van der Waals surface area contributed by atoms with Crippen LogP contribution in [0.3, 0.4) is 0 Å². The van der Waals surface area contributed by atoms with Gasteiger partial charge < -0.3 is 4.52 Å². The van der Waals surface area contributed by atoms with E-state index in [2.05, 4.69) is 43.5 Å². The third-order valence-electron chi connectivity index (χ3n) is 4.72. The Morgan fingerprint density at radius 3 is 2.24 bits per heavy atom. The summed E-state index contributed by atoms with van der Waals surface area (Å²) in [4.78, 5) is 14.1. The predicted octanol–water partition coefficient (Wildman–Crippen LogP) is 1.96. The summed E-state index contributed by atoms with van der Waals surface area (Å²) < 4.78 is 7.22. The quantitative estimate of drug-likeness (QED) is 0.723. The SMILES string of the molecule is Cc1cc(C)n2cc(CN3CCN(Cc4cc(C)on4)CC3)nc2n1. The van der Waals surface area contributed by atoms with Crippen molar-refractivity contribution < 1.29 is 4.52 Å². The fourth-order valence-electron chi connectivity index (χ4n) is 3.45. The highest BCUT2D eigenvalue weighted by molar-refractivity contribution is 5.34. The molecule has 4 heterocycles. The molecule has 3 aromatic rings. The third-order valence-corrected chi connectivity index (χ3v) is 4.72. The summed E-state index contributed by atoms with van der Waals surface area (Å²) in [6.45, 7) is 11.9. The lowest BCUT2D eigenvalue weighted by molar-refractivity contribution is 0.119. The van der Waals surface area contributed by atoms with Crippen molar-refractivity contribution in [3.8, 4) is 0 Å². The van der Waals surface area contributed by atoms with Gasteiger partial charge in [0, 0.05) is 62.9 Å². The summed E-state index contributed by atoms with van der Waals surface area (Å²) in [5.74, 6) is 1.67. The lowest BCUT2D eigenvalue weighted by Crippen LogP contribution is -2.45. The van der Waals surface area contributed by atoms with E-state index in [1.54, 1.807) is 0 Å². The molecule has 132 valence electrons. The van der Waals surface area contributed by atoms with Crippen molar-refractivity contribution in [2.75, 3.05) is 26.2 Å². The first-order chi connectivity index (χ1) is 12.1. The van der Waals surface area contributed by atoms with E-state index in [9.17, 15) is 0 Å². The smallest absolute Gasteiger partial charge is 0.234 e. The van der Waals surface area contributed by atoms with Gasteiger partial charge in [0.25, 0.3) is 0 Å². The molecule has 1 aliphatic heterocycles. The van der Waals surface area contributed by atoms with E-state index in [0.717, 1.165) is 67.9 Å². The Hall–Kier alpha value is -2.25. The molecular weight excluding hydrogens is 316 g/mol. The molecular formula is C18H24N6O. The monoisotopic (exact) mass is 340 g/mol. The van der Waals surface area contributed by atoms with Gasteiger partial charge in [-0.25, -0.2) is 9.97 Å². The molecule has 0 aromatic carbocycles. The first kappa shape index (κ1) is 16.2. The van der Waals surface area contributed by atoms with E-state index >= 15 is 0 Å². The van der Waals surface area contributed by atoms with Crippen LogP contribution in [0, 0.1) is 20.8 Å². The van der Waals surface area contributed by atoms with E-state index in [-0.39, 0.29) is 0 Å². The van der Waals surface area contributed by atoms with Crippen LogP contribution in [-0.2, 0) is 13.1 Å². The molecule has 0 amide bonds. The molecule has 7 nitrogen and oxygen atoms in total. The van der Waals surface area contributed by atoms with Crippen LogP contribution in [0.15, 0.2) is 22.9 Å². The molecule has 1 saturated heterocycles. The van der Waals surface area contributed by atoms with Crippen molar-refractivity contribution in [1.82, 2.24) is 29.3 Å². The molecule has 25 heavy (non-hydrogen) atoms. The van der Waals surface area contributed by atoms with Gasteiger partial charge in [0.05, 0.1) is 11.4 Å². The molecule has 0 unspecified atom stereocenters. The molecule has 0 saturated carbocycles. The van der Waals surface area contributed by atoms with Crippen molar-refractivity contribution in [1.29, 1.82) is 0 Å². The second kappa shape index (κ2) is 6.57. The molecule has 1 fully saturated rings. The number of imidazole rings is 1. The lowest BCUT2D eigenvalue weighted by Gasteiger charge is -2.33. The maximum absolute atomic E-state index is 5.15. The second-order valence-corrected chi connectivity index (χ2v) is 6.92. The van der Waals surface area contributed by atoms with E-state index in [1.165, 1.54) is 5.69 Å². The fourth-order valence-corrected chi connectivity index (χ4v) is 3.45. The number of fused-ring (bicyclic) bond motifs is 1. The minimum Gasteiger partial charge on any atom is -0.361 e. The Balaban J connectivity index is 1.36. The highest BCUT2D eigenvalue weighted by atomic mass is 16.5. The van der Waals surface area contributed by atoms with Gasteiger partial charge in [0.1, 0.15) is 5.76 Å². The lowest BCUT2D eigenvalue weighted by atomic mass is 10.2. The number of hydrogen-bond donors (Lipinski definition) is 0. The zero-order valence-corrected chi connectivity index (χ0v) is 15.1. The number of aromatic nitrogens is 4. The van der Waals surface area contributed by atoms with Crippen molar-refractivity contribution in [2.24, 2.45) is 0 Å². The number of aryl methyl sites for hydroxylation is 3. The standard InChI is InChI=1S/C18H24N6O/c1-13-8-14(2)24-12-17(20-18(24)19-13)11-23-6-4-22(5-7-23)10-16-9-15(3)25-21-16/h8-9,12H,4-7,10-11H2,1-3H3. The summed E-state index contributed by atoms with van der Waals surface area (Å²) in [6.07, 6.45) is 2.11. The zero-order valence-electron chi connectivity index (χ0n) is 15.1. The van der Waals surface area contributed by atoms with Crippen LogP contribution in [0.1, 0.15) is 28.5 Å². The molecule has 0 spiro atoms. The van der Waals surface area contributed by atoms with Gasteiger partial charge in [-0.3, -0.25) is 14.2 Å². The topological polar surface area (TPSA) is 62.7 Å². The Bertz CT molecular complexity index is 875. The van der Waals surface area contributed by atoms with Gasteiger partial charge in [0.2, 0.25) is 5.78 Å². The summed E-state index contributed by atoms with van der Waals surface area (Å²) in [7, 11) is 0. The molecule has 0 bridgehead atoms. The number of rotatable bonds is 4. The summed E-state index contributed by atoms with van der Waals surface area (Å²) >= 11 is 0. The minimum atomic E-state index is 0.799. The van der Waals surface area contributed by atoms with Crippen LogP contribution < -0.4 is 0 Å². The highest BCUT2D eigenvalue weighted by Gasteiger charge is 2.19. The number of piperazine rings is 1. The maximum Gasteiger partial charge on any atom is 0.234 e. The Morgan fingerprint density at radius 1 is 0.920 bits per heavy atom. The normalized spacial score (nSPS) is 16.8. The fraction of sp³-hybridized carbons (Fsp3) is 0.500. The van der Waals surface area contributed by atoms with Gasteiger partial charge in [0.15, 0.2) is 0 Å². The Morgan fingerprint density at radius 2 is 1.60 bits per heavy atom. The van der Waals surface area contributed by atoms with Crippen molar-refractivity contribution in [2.45, 2.75) is 33.9 Å². The molecule has 0 radical (unpaired) electrons. The van der Waals surface area contributed by atoms with Crippen LogP contribution in [0.5, 0.6) is 0 Å². The van der Waals surface area contributed by atoms with Gasteiger partial charge in [-0.15, -0.1) is 0 Å². The first-order valence-corrected chi connectivity index (χ1v) is 8.76. The molecule has 4 rings (SSSR count).